The fraction of sp³-hybridized carbons (Fsp3) is 0.176. The average Bonchev–Trinajstić information content (AvgIpc) is 3.20. The van der Waals surface area contributed by atoms with Crippen molar-refractivity contribution in [2.75, 3.05) is 5.32 Å². The third-order valence-electron chi connectivity index (χ3n) is 3.86. The summed E-state index contributed by atoms with van der Waals surface area (Å²) in [6.07, 6.45) is 3.88. The SMILES string of the molecule is Cc1nnc2ccc(NCc3cccc(-c4cnn(C)c4)c3)nn12. The van der Waals surface area contributed by atoms with Crippen molar-refractivity contribution in [3.63, 3.8) is 0 Å². The van der Waals surface area contributed by atoms with Gasteiger partial charge in [-0.3, -0.25) is 4.68 Å². The van der Waals surface area contributed by atoms with Crippen LogP contribution in [0.4, 0.5) is 5.82 Å². The molecule has 0 bridgehead atoms. The zero-order valence-electron chi connectivity index (χ0n) is 13.5. The third-order valence-corrected chi connectivity index (χ3v) is 3.86. The zero-order chi connectivity index (χ0) is 16.5. The van der Waals surface area contributed by atoms with Gasteiger partial charge in [0.1, 0.15) is 5.82 Å². The van der Waals surface area contributed by atoms with Crippen LogP contribution in [0.2, 0.25) is 0 Å². The molecule has 0 saturated heterocycles. The van der Waals surface area contributed by atoms with Gasteiger partial charge in [0.2, 0.25) is 0 Å². The summed E-state index contributed by atoms with van der Waals surface area (Å²) in [6, 6.07) is 12.2. The summed E-state index contributed by atoms with van der Waals surface area (Å²) in [7, 11) is 1.92. The predicted molar refractivity (Wildman–Crippen MR) is 91.5 cm³/mol. The van der Waals surface area contributed by atoms with Crippen molar-refractivity contribution in [3.8, 4) is 11.1 Å². The Morgan fingerprint density at radius 3 is 2.83 bits per heavy atom. The molecule has 3 aromatic heterocycles. The summed E-state index contributed by atoms with van der Waals surface area (Å²) in [6.45, 7) is 2.57. The van der Waals surface area contributed by atoms with Crippen molar-refractivity contribution < 1.29 is 0 Å². The van der Waals surface area contributed by atoms with Crippen molar-refractivity contribution in [2.24, 2.45) is 7.05 Å². The highest BCUT2D eigenvalue weighted by Crippen LogP contribution is 2.20. The van der Waals surface area contributed by atoms with E-state index in [1.54, 1.807) is 9.20 Å². The predicted octanol–water partition coefficient (Wildman–Crippen LogP) is 2.45. The molecule has 0 spiro atoms. The van der Waals surface area contributed by atoms with E-state index >= 15 is 0 Å². The Morgan fingerprint density at radius 2 is 2.00 bits per heavy atom. The first kappa shape index (κ1) is 14.4. The van der Waals surface area contributed by atoms with Gasteiger partial charge >= 0.3 is 0 Å². The molecular weight excluding hydrogens is 302 g/mol. The molecule has 0 saturated carbocycles. The molecular formula is C17H17N7. The molecule has 1 N–H and O–H groups in total. The van der Waals surface area contributed by atoms with Crippen LogP contribution in [-0.2, 0) is 13.6 Å². The van der Waals surface area contributed by atoms with E-state index in [2.05, 4.69) is 50.0 Å². The summed E-state index contributed by atoms with van der Waals surface area (Å²) in [5, 5.41) is 20.1. The van der Waals surface area contributed by atoms with E-state index in [0.29, 0.717) is 6.54 Å². The van der Waals surface area contributed by atoms with Crippen molar-refractivity contribution in [3.05, 3.63) is 60.2 Å². The summed E-state index contributed by atoms with van der Waals surface area (Å²) in [4.78, 5) is 0. The molecule has 4 aromatic rings. The number of rotatable bonds is 4. The van der Waals surface area contributed by atoms with Crippen LogP contribution in [0.3, 0.4) is 0 Å². The topological polar surface area (TPSA) is 72.9 Å². The lowest BCUT2D eigenvalue weighted by Crippen LogP contribution is -2.04. The Balaban J connectivity index is 1.53. The highest BCUT2D eigenvalue weighted by atomic mass is 15.4. The van der Waals surface area contributed by atoms with Crippen molar-refractivity contribution >= 4 is 11.5 Å². The number of fused-ring (bicyclic) bond motifs is 1. The van der Waals surface area contributed by atoms with E-state index in [1.807, 2.05) is 38.5 Å². The molecule has 0 radical (unpaired) electrons. The van der Waals surface area contributed by atoms with Crippen LogP contribution >= 0.6 is 0 Å². The zero-order valence-corrected chi connectivity index (χ0v) is 13.5. The maximum absolute atomic E-state index is 4.50. The van der Waals surface area contributed by atoms with Crippen LogP contribution in [0.15, 0.2) is 48.8 Å². The van der Waals surface area contributed by atoms with Gasteiger partial charge in [-0.2, -0.15) is 9.61 Å². The quantitative estimate of drug-likeness (QED) is 0.625. The second kappa shape index (κ2) is 5.77. The Kier molecular flexibility index (Phi) is 3.45. The maximum Gasteiger partial charge on any atom is 0.178 e. The van der Waals surface area contributed by atoms with Crippen molar-refractivity contribution in [2.45, 2.75) is 13.5 Å². The molecule has 0 aliphatic heterocycles. The van der Waals surface area contributed by atoms with Crippen LogP contribution in [0.1, 0.15) is 11.4 Å². The molecule has 7 nitrogen and oxygen atoms in total. The number of aryl methyl sites for hydroxylation is 2. The lowest BCUT2D eigenvalue weighted by atomic mass is 10.1. The minimum atomic E-state index is 0.688. The van der Waals surface area contributed by atoms with Gasteiger partial charge in [0.25, 0.3) is 0 Å². The normalized spacial score (nSPS) is 11.1. The fourth-order valence-corrected chi connectivity index (χ4v) is 2.61. The highest BCUT2D eigenvalue weighted by molar-refractivity contribution is 5.62. The van der Waals surface area contributed by atoms with E-state index in [-0.39, 0.29) is 0 Å². The van der Waals surface area contributed by atoms with Crippen LogP contribution < -0.4 is 5.32 Å². The van der Waals surface area contributed by atoms with Crippen LogP contribution in [0.25, 0.3) is 16.8 Å². The number of hydrogen-bond donors (Lipinski definition) is 1. The molecule has 0 fully saturated rings. The molecule has 120 valence electrons. The third kappa shape index (κ3) is 2.71. The van der Waals surface area contributed by atoms with E-state index < -0.39 is 0 Å². The number of anilines is 1. The maximum atomic E-state index is 4.50. The van der Waals surface area contributed by atoms with Gasteiger partial charge in [0.05, 0.1) is 6.20 Å². The molecule has 0 atom stereocenters. The molecule has 24 heavy (non-hydrogen) atoms. The fourth-order valence-electron chi connectivity index (χ4n) is 2.61. The molecule has 0 aliphatic carbocycles. The Labute approximate surface area is 139 Å². The second-order valence-corrected chi connectivity index (χ2v) is 5.69. The number of benzene rings is 1. The Morgan fingerprint density at radius 1 is 1.08 bits per heavy atom. The van der Waals surface area contributed by atoms with Gasteiger partial charge in [0, 0.05) is 25.4 Å². The molecule has 7 heteroatoms. The summed E-state index contributed by atoms with van der Waals surface area (Å²) in [5.41, 5.74) is 4.19. The molecule has 0 amide bonds. The summed E-state index contributed by atoms with van der Waals surface area (Å²) < 4.78 is 3.54. The molecule has 1 aromatic carbocycles. The number of nitrogens with zero attached hydrogens (tertiary/aromatic N) is 6. The number of nitrogens with one attached hydrogen (secondary N) is 1. The molecule has 0 unspecified atom stereocenters. The standard InChI is InChI=1S/C17H17N7/c1-12-20-21-17-7-6-16(22-24(12)17)18-9-13-4-3-5-14(8-13)15-10-19-23(2)11-15/h3-8,10-11H,9H2,1-2H3,(H,18,22). The van der Waals surface area contributed by atoms with Gasteiger partial charge in [0.15, 0.2) is 11.5 Å². The number of aromatic nitrogens is 6. The smallest absolute Gasteiger partial charge is 0.178 e. The molecule has 3 heterocycles. The molecule has 4 rings (SSSR count). The lowest BCUT2D eigenvalue weighted by molar-refractivity contribution is 0.768. The van der Waals surface area contributed by atoms with Gasteiger partial charge < -0.3 is 5.32 Å². The van der Waals surface area contributed by atoms with E-state index in [9.17, 15) is 0 Å². The first-order valence-electron chi connectivity index (χ1n) is 7.70. The Bertz CT molecular complexity index is 999. The highest BCUT2D eigenvalue weighted by Gasteiger charge is 2.05. The van der Waals surface area contributed by atoms with E-state index in [4.69, 9.17) is 0 Å². The van der Waals surface area contributed by atoms with Crippen molar-refractivity contribution in [1.82, 2.24) is 29.6 Å². The first-order valence-corrected chi connectivity index (χ1v) is 7.70. The van der Waals surface area contributed by atoms with E-state index in [1.165, 1.54) is 5.56 Å². The summed E-state index contributed by atoms with van der Waals surface area (Å²) >= 11 is 0. The van der Waals surface area contributed by atoms with Gasteiger partial charge in [-0.05, 0) is 36.2 Å². The van der Waals surface area contributed by atoms with Crippen LogP contribution in [0.5, 0.6) is 0 Å². The first-order chi connectivity index (χ1) is 11.7. The largest absolute Gasteiger partial charge is 0.365 e. The summed E-state index contributed by atoms with van der Waals surface area (Å²) in [5.74, 6) is 1.56. The minimum absolute atomic E-state index is 0.688. The van der Waals surface area contributed by atoms with Crippen molar-refractivity contribution in [1.29, 1.82) is 0 Å². The van der Waals surface area contributed by atoms with Crippen LogP contribution in [-0.4, -0.2) is 29.6 Å². The average molecular weight is 319 g/mol. The molecule has 0 aliphatic rings. The van der Waals surface area contributed by atoms with Gasteiger partial charge in [-0.25, -0.2) is 0 Å². The van der Waals surface area contributed by atoms with Gasteiger partial charge in [-0.1, -0.05) is 18.2 Å². The number of hydrogen-bond acceptors (Lipinski definition) is 5. The van der Waals surface area contributed by atoms with Crippen LogP contribution in [0, 0.1) is 6.92 Å². The second-order valence-electron chi connectivity index (χ2n) is 5.69. The van der Waals surface area contributed by atoms with Gasteiger partial charge in [-0.15, -0.1) is 15.3 Å². The minimum Gasteiger partial charge on any atom is -0.365 e. The lowest BCUT2D eigenvalue weighted by Gasteiger charge is -2.07. The van der Waals surface area contributed by atoms with E-state index in [0.717, 1.165) is 28.4 Å². The Hall–Kier alpha value is -3.22. The monoisotopic (exact) mass is 319 g/mol.